The lowest BCUT2D eigenvalue weighted by molar-refractivity contribution is 0.159. The molecule has 0 saturated heterocycles. The maximum absolute atomic E-state index is 6.31. The maximum Gasteiger partial charge on any atom is 0.127 e. The highest BCUT2D eigenvalue weighted by Gasteiger charge is 2.16. The molecule has 0 amide bonds. The van der Waals surface area contributed by atoms with Crippen LogP contribution in [0.15, 0.2) is 18.2 Å². The third kappa shape index (κ3) is 3.76. The zero-order valence-corrected chi connectivity index (χ0v) is 14.0. The number of alkyl halides is 1. The number of hydrogen-bond donors (Lipinski definition) is 0. The molecule has 0 aliphatic heterocycles. The van der Waals surface area contributed by atoms with Crippen LogP contribution >= 0.6 is 11.6 Å². The Hall–Kier alpha value is -1.10. The smallest absolute Gasteiger partial charge is 0.127 e. The molecule has 0 spiro atoms. The first-order valence-electron chi connectivity index (χ1n) is 7.32. The first-order chi connectivity index (χ1) is 10.0. The first-order valence-corrected chi connectivity index (χ1v) is 7.75. The van der Waals surface area contributed by atoms with Gasteiger partial charge >= 0.3 is 0 Å². The highest BCUT2D eigenvalue weighted by atomic mass is 35.5. The number of aromatic nitrogens is 2. The number of imidazole rings is 1. The predicted molar refractivity (Wildman–Crippen MR) is 88.1 cm³/mol. The Morgan fingerprint density at radius 2 is 2.14 bits per heavy atom. The highest BCUT2D eigenvalue weighted by molar-refractivity contribution is 6.20. The molecule has 21 heavy (non-hydrogen) atoms. The minimum absolute atomic E-state index is 0.0962. The Bertz CT molecular complexity index is 594. The number of methoxy groups -OCH3 is 1. The summed E-state index contributed by atoms with van der Waals surface area (Å²) in [5.74, 6) is 0.945. The van der Waals surface area contributed by atoms with Crippen molar-refractivity contribution in [2.45, 2.75) is 25.8 Å². The van der Waals surface area contributed by atoms with E-state index in [0.717, 1.165) is 43.1 Å². The van der Waals surface area contributed by atoms with Crippen LogP contribution in [-0.4, -0.2) is 48.3 Å². The average Bonchev–Trinajstić information content (AvgIpc) is 2.83. The van der Waals surface area contributed by atoms with Crippen molar-refractivity contribution in [2.24, 2.45) is 0 Å². The Balaban J connectivity index is 2.25. The van der Waals surface area contributed by atoms with Gasteiger partial charge in [0.15, 0.2) is 0 Å². The van der Waals surface area contributed by atoms with Crippen LogP contribution in [0.2, 0.25) is 0 Å². The number of likely N-dealkylation sites (N-methyl/N-ethyl adjacent to an activating group) is 1. The molecule has 0 N–H and O–H groups in total. The van der Waals surface area contributed by atoms with Gasteiger partial charge in [-0.2, -0.15) is 0 Å². The normalized spacial score (nSPS) is 13.2. The number of hydrogen-bond acceptors (Lipinski definition) is 3. The fourth-order valence-corrected chi connectivity index (χ4v) is 2.64. The van der Waals surface area contributed by atoms with Crippen LogP contribution < -0.4 is 0 Å². The van der Waals surface area contributed by atoms with Crippen molar-refractivity contribution in [1.29, 1.82) is 0 Å². The molecule has 1 heterocycles. The summed E-state index contributed by atoms with van der Waals surface area (Å²) in [5, 5.41) is -0.0962. The molecule has 0 radical (unpaired) electrons. The SMILES string of the molecule is COCCN(C)CCn1c(C(C)Cl)nc2c(C)cccc21. The first kappa shape index (κ1) is 16.3. The lowest BCUT2D eigenvalue weighted by Crippen LogP contribution is -2.27. The molecule has 0 fully saturated rings. The van der Waals surface area contributed by atoms with E-state index in [4.69, 9.17) is 21.3 Å². The van der Waals surface area contributed by atoms with E-state index in [2.05, 4.69) is 41.6 Å². The van der Waals surface area contributed by atoms with Crippen molar-refractivity contribution in [3.8, 4) is 0 Å². The van der Waals surface area contributed by atoms with Gasteiger partial charge in [0.2, 0.25) is 0 Å². The van der Waals surface area contributed by atoms with Gasteiger partial charge < -0.3 is 14.2 Å². The van der Waals surface area contributed by atoms with Crippen LogP contribution in [0.1, 0.15) is 23.7 Å². The molecule has 1 unspecified atom stereocenters. The number of rotatable bonds is 7. The minimum Gasteiger partial charge on any atom is -0.383 e. The lowest BCUT2D eigenvalue weighted by atomic mass is 10.2. The van der Waals surface area contributed by atoms with Crippen molar-refractivity contribution in [1.82, 2.24) is 14.5 Å². The summed E-state index contributed by atoms with van der Waals surface area (Å²) < 4.78 is 7.35. The Morgan fingerprint density at radius 1 is 1.38 bits per heavy atom. The molecule has 0 bridgehead atoms. The molecule has 1 aromatic carbocycles. The number of nitrogens with zero attached hydrogens (tertiary/aromatic N) is 3. The standard InChI is InChI=1S/C16H24ClN3O/c1-12-6-5-7-14-15(12)18-16(13(2)17)20(14)9-8-19(3)10-11-21-4/h5-7,13H,8-11H2,1-4H3. The van der Waals surface area contributed by atoms with Gasteiger partial charge in [0, 0.05) is 26.7 Å². The summed E-state index contributed by atoms with van der Waals surface area (Å²) in [6.07, 6.45) is 0. The van der Waals surface area contributed by atoms with E-state index in [1.165, 1.54) is 5.56 Å². The van der Waals surface area contributed by atoms with Gasteiger partial charge in [-0.05, 0) is 32.5 Å². The Kier molecular flexibility index (Phi) is 5.62. The molecule has 2 rings (SSSR count). The van der Waals surface area contributed by atoms with E-state index in [1.54, 1.807) is 7.11 Å². The summed E-state index contributed by atoms with van der Waals surface area (Å²) in [4.78, 5) is 7.00. The molecule has 0 aliphatic rings. The second-order valence-electron chi connectivity index (χ2n) is 5.48. The van der Waals surface area contributed by atoms with Crippen molar-refractivity contribution < 1.29 is 4.74 Å². The number of ether oxygens (including phenoxy) is 1. The Labute approximate surface area is 131 Å². The molecule has 4 nitrogen and oxygen atoms in total. The van der Waals surface area contributed by atoms with E-state index in [0.29, 0.717) is 0 Å². The predicted octanol–water partition coefficient (Wildman–Crippen LogP) is 3.22. The summed E-state index contributed by atoms with van der Waals surface area (Å²) in [7, 11) is 3.83. The van der Waals surface area contributed by atoms with Crippen molar-refractivity contribution in [3.05, 3.63) is 29.6 Å². The number of fused-ring (bicyclic) bond motifs is 1. The largest absolute Gasteiger partial charge is 0.383 e. The molecular weight excluding hydrogens is 286 g/mol. The number of benzene rings is 1. The third-order valence-corrected chi connectivity index (χ3v) is 3.94. The van der Waals surface area contributed by atoms with Crippen molar-refractivity contribution in [3.63, 3.8) is 0 Å². The maximum atomic E-state index is 6.31. The van der Waals surface area contributed by atoms with Gasteiger partial charge in [-0.25, -0.2) is 4.98 Å². The van der Waals surface area contributed by atoms with E-state index >= 15 is 0 Å². The minimum atomic E-state index is -0.0962. The average molecular weight is 310 g/mol. The van der Waals surface area contributed by atoms with E-state index in [-0.39, 0.29) is 5.38 Å². The summed E-state index contributed by atoms with van der Waals surface area (Å²) in [5.41, 5.74) is 3.41. The van der Waals surface area contributed by atoms with Gasteiger partial charge in [-0.1, -0.05) is 12.1 Å². The third-order valence-electron chi connectivity index (χ3n) is 3.75. The summed E-state index contributed by atoms with van der Waals surface area (Å²) in [6.45, 7) is 7.56. The van der Waals surface area contributed by atoms with Crippen LogP contribution in [0, 0.1) is 6.92 Å². The summed E-state index contributed by atoms with van der Waals surface area (Å²) >= 11 is 6.31. The zero-order chi connectivity index (χ0) is 15.4. The van der Waals surface area contributed by atoms with Crippen molar-refractivity contribution in [2.75, 3.05) is 33.9 Å². The van der Waals surface area contributed by atoms with Crippen LogP contribution in [-0.2, 0) is 11.3 Å². The van der Waals surface area contributed by atoms with Gasteiger partial charge in [-0.15, -0.1) is 11.6 Å². The van der Waals surface area contributed by atoms with E-state index in [9.17, 15) is 0 Å². The van der Waals surface area contributed by atoms with Gasteiger partial charge in [-0.3, -0.25) is 0 Å². The fourth-order valence-electron chi connectivity index (χ4n) is 2.47. The molecule has 1 aromatic heterocycles. The topological polar surface area (TPSA) is 30.3 Å². The molecule has 1 atom stereocenters. The Morgan fingerprint density at radius 3 is 2.81 bits per heavy atom. The molecule has 5 heteroatoms. The number of halogens is 1. The van der Waals surface area contributed by atoms with Crippen molar-refractivity contribution >= 4 is 22.6 Å². The highest BCUT2D eigenvalue weighted by Crippen LogP contribution is 2.26. The molecular formula is C16H24ClN3O. The van der Waals surface area contributed by atoms with E-state index in [1.807, 2.05) is 6.92 Å². The van der Waals surface area contributed by atoms with Gasteiger partial charge in [0.1, 0.15) is 5.82 Å². The second kappa shape index (κ2) is 7.25. The number of para-hydroxylation sites is 1. The van der Waals surface area contributed by atoms with Crippen LogP contribution in [0.3, 0.4) is 0 Å². The van der Waals surface area contributed by atoms with Crippen LogP contribution in [0.4, 0.5) is 0 Å². The quantitative estimate of drug-likeness (QED) is 0.736. The monoisotopic (exact) mass is 309 g/mol. The molecule has 116 valence electrons. The lowest BCUT2D eigenvalue weighted by Gasteiger charge is -2.18. The molecule has 2 aromatic rings. The zero-order valence-electron chi connectivity index (χ0n) is 13.3. The molecule has 0 aliphatic carbocycles. The van der Waals surface area contributed by atoms with Gasteiger partial charge in [0.05, 0.1) is 23.0 Å². The number of aryl methyl sites for hydroxylation is 1. The van der Waals surface area contributed by atoms with E-state index < -0.39 is 0 Å². The van der Waals surface area contributed by atoms with Crippen LogP contribution in [0.25, 0.3) is 11.0 Å². The van der Waals surface area contributed by atoms with Crippen LogP contribution in [0.5, 0.6) is 0 Å². The van der Waals surface area contributed by atoms with Gasteiger partial charge in [0.25, 0.3) is 0 Å². The summed E-state index contributed by atoms with van der Waals surface area (Å²) in [6, 6.07) is 6.29. The second-order valence-corrected chi connectivity index (χ2v) is 6.13. The fraction of sp³-hybridized carbons (Fsp3) is 0.562. The molecule has 0 saturated carbocycles.